The summed E-state index contributed by atoms with van der Waals surface area (Å²) in [5.41, 5.74) is 3.91. The molecule has 8 nitrogen and oxygen atoms in total. The summed E-state index contributed by atoms with van der Waals surface area (Å²) >= 11 is 2.59. The molecule has 0 aliphatic rings. The third-order valence-electron chi connectivity index (χ3n) is 4.88. The van der Waals surface area contributed by atoms with E-state index in [2.05, 4.69) is 51.7 Å². The van der Waals surface area contributed by atoms with Gasteiger partial charge in [0.2, 0.25) is 11.1 Å². The van der Waals surface area contributed by atoms with Crippen molar-refractivity contribution in [3.8, 4) is 28.4 Å². The minimum Gasteiger partial charge on any atom is -0.496 e. The van der Waals surface area contributed by atoms with Gasteiger partial charge in [0.15, 0.2) is 11.0 Å². The Labute approximate surface area is 200 Å². The summed E-state index contributed by atoms with van der Waals surface area (Å²) in [7, 11) is 1.58. The fourth-order valence-electron chi connectivity index (χ4n) is 3.27. The molecule has 0 bridgehead atoms. The van der Waals surface area contributed by atoms with Crippen LogP contribution in [0.1, 0.15) is 18.9 Å². The lowest BCUT2D eigenvalue weighted by Crippen LogP contribution is -2.16. The van der Waals surface area contributed by atoms with Crippen LogP contribution in [0.3, 0.4) is 0 Å². The molecule has 170 valence electrons. The third-order valence-corrected chi connectivity index (χ3v) is 6.58. The van der Waals surface area contributed by atoms with E-state index in [9.17, 15) is 4.79 Å². The summed E-state index contributed by atoms with van der Waals surface area (Å²) in [6, 6.07) is 15.8. The Morgan fingerprint density at radius 3 is 2.73 bits per heavy atom. The van der Waals surface area contributed by atoms with E-state index in [4.69, 9.17) is 10.6 Å². The summed E-state index contributed by atoms with van der Waals surface area (Å²) < 4.78 is 6.73. The van der Waals surface area contributed by atoms with Gasteiger partial charge in [-0.05, 0) is 24.1 Å². The van der Waals surface area contributed by atoms with Crippen LogP contribution < -0.4 is 15.9 Å². The molecule has 3 N–H and O–H groups in total. The van der Waals surface area contributed by atoms with Crippen LogP contribution in [-0.2, 0) is 11.2 Å². The van der Waals surface area contributed by atoms with Crippen LogP contribution in [0.25, 0.3) is 22.6 Å². The van der Waals surface area contributed by atoms with Crippen LogP contribution in [0.2, 0.25) is 0 Å². The second-order valence-electron chi connectivity index (χ2n) is 7.20. The second kappa shape index (κ2) is 10.5. The molecule has 4 aromatic rings. The Kier molecular flexibility index (Phi) is 7.26. The Morgan fingerprint density at radius 2 is 1.97 bits per heavy atom. The van der Waals surface area contributed by atoms with Gasteiger partial charge < -0.3 is 15.9 Å². The number of rotatable bonds is 9. The molecule has 0 aliphatic heterocycles. The van der Waals surface area contributed by atoms with Crippen molar-refractivity contribution in [1.82, 2.24) is 19.9 Å². The molecule has 0 saturated carbocycles. The summed E-state index contributed by atoms with van der Waals surface area (Å²) in [6.45, 7) is 2.17. The zero-order valence-electron chi connectivity index (χ0n) is 18.3. The number of nitrogen functional groups attached to an aromatic ring is 1. The molecule has 10 heteroatoms. The Hall–Kier alpha value is -3.37. The van der Waals surface area contributed by atoms with Crippen molar-refractivity contribution in [2.75, 3.05) is 24.0 Å². The fraction of sp³-hybridized carbons (Fsp3) is 0.217. The molecular weight excluding hydrogens is 456 g/mol. The van der Waals surface area contributed by atoms with E-state index in [0.717, 1.165) is 29.7 Å². The van der Waals surface area contributed by atoms with Crippen molar-refractivity contribution in [2.45, 2.75) is 24.9 Å². The van der Waals surface area contributed by atoms with Crippen LogP contribution >= 0.6 is 23.1 Å². The Bertz CT molecular complexity index is 1240. The zero-order chi connectivity index (χ0) is 23.2. The van der Waals surface area contributed by atoms with Gasteiger partial charge in [-0.15, -0.1) is 21.5 Å². The highest BCUT2D eigenvalue weighted by Crippen LogP contribution is 2.30. The third kappa shape index (κ3) is 5.35. The largest absolute Gasteiger partial charge is 0.496 e. The number of nitrogens with zero attached hydrogens (tertiary/aromatic N) is 4. The van der Waals surface area contributed by atoms with E-state index >= 15 is 0 Å². The summed E-state index contributed by atoms with van der Waals surface area (Å²) in [5, 5.41) is 14.0. The second-order valence-corrected chi connectivity index (χ2v) is 9.00. The number of hydrogen-bond donors (Lipinski definition) is 2. The van der Waals surface area contributed by atoms with Gasteiger partial charge in [0, 0.05) is 10.9 Å². The molecule has 33 heavy (non-hydrogen) atoms. The molecule has 0 aliphatic carbocycles. The highest BCUT2D eigenvalue weighted by molar-refractivity contribution is 7.99. The van der Waals surface area contributed by atoms with Crippen molar-refractivity contribution in [3.05, 3.63) is 59.5 Å². The first-order valence-electron chi connectivity index (χ1n) is 10.4. The normalized spacial score (nSPS) is 10.8. The smallest absolute Gasteiger partial charge is 0.236 e. The highest BCUT2D eigenvalue weighted by Gasteiger charge is 2.17. The number of benzene rings is 2. The fourth-order valence-corrected chi connectivity index (χ4v) is 4.66. The van der Waals surface area contributed by atoms with Crippen molar-refractivity contribution in [1.29, 1.82) is 0 Å². The predicted molar refractivity (Wildman–Crippen MR) is 133 cm³/mol. The van der Waals surface area contributed by atoms with Crippen molar-refractivity contribution in [2.24, 2.45) is 0 Å². The molecule has 2 heterocycles. The summed E-state index contributed by atoms with van der Waals surface area (Å²) in [5.74, 6) is 7.21. The Morgan fingerprint density at radius 1 is 1.18 bits per heavy atom. The zero-order valence-corrected chi connectivity index (χ0v) is 19.9. The molecule has 2 aromatic carbocycles. The first kappa shape index (κ1) is 22.8. The first-order chi connectivity index (χ1) is 16.1. The number of nitrogens with two attached hydrogens (primary N) is 1. The van der Waals surface area contributed by atoms with Crippen LogP contribution in [0.4, 0.5) is 5.13 Å². The number of amides is 1. The predicted octanol–water partition coefficient (Wildman–Crippen LogP) is 4.47. The van der Waals surface area contributed by atoms with Crippen LogP contribution in [0.15, 0.2) is 59.1 Å². The van der Waals surface area contributed by atoms with Gasteiger partial charge in [-0.2, -0.15) is 0 Å². The lowest BCUT2D eigenvalue weighted by Gasteiger charge is -2.07. The lowest BCUT2D eigenvalue weighted by atomic mass is 10.1. The number of thiazole rings is 1. The highest BCUT2D eigenvalue weighted by atomic mass is 32.2. The van der Waals surface area contributed by atoms with Gasteiger partial charge in [0.25, 0.3) is 0 Å². The number of aryl methyl sites for hydroxylation is 1. The average molecular weight is 481 g/mol. The Balaban J connectivity index is 1.36. The van der Waals surface area contributed by atoms with Crippen molar-refractivity contribution < 1.29 is 9.53 Å². The number of nitrogens with one attached hydrogen (secondary N) is 1. The molecule has 0 atom stereocenters. The van der Waals surface area contributed by atoms with E-state index in [-0.39, 0.29) is 11.7 Å². The molecule has 0 radical (unpaired) electrons. The van der Waals surface area contributed by atoms with E-state index in [1.165, 1.54) is 33.3 Å². The number of anilines is 1. The monoisotopic (exact) mass is 480 g/mol. The number of thioether (sulfide) groups is 1. The number of para-hydroxylation sites is 1. The number of carbonyl (C=O) groups excluding carboxylic acids is 1. The minimum atomic E-state index is -0.193. The number of methoxy groups -OCH3 is 1. The van der Waals surface area contributed by atoms with E-state index in [1.54, 1.807) is 7.11 Å². The van der Waals surface area contributed by atoms with Gasteiger partial charge in [-0.1, -0.05) is 61.5 Å². The summed E-state index contributed by atoms with van der Waals surface area (Å²) in [6.07, 6.45) is 2.18. The number of hydrogen-bond acceptors (Lipinski definition) is 8. The van der Waals surface area contributed by atoms with Gasteiger partial charge >= 0.3 is 0 Å². The first-order valence-corrected chi connectivity index (χ1v) is 12.3. The van der Waals surface area contributed by atoms with Crippen molar-refractivity contribution in [3.63, 3.8) is 0 Å². The molecule has 4 rings (SSSR count). The molecule has 0 fully saturated rings. The van der Waals surface area contributed by atoms with Crippen molar-refractivity contribution >= 4 is 34.1 Å². The van der Waals surface area contributed by atoms with E-state index in [1.807, 2.05) is 29.6 Å². The van der Waals surface area contributed by atoms with Gasteiger partial charge in [0.05, 0.1) is 24.1 Å². The quantitative estimate of drug-likeness (QED) is 0.269. The number of carbonyl (C=O) groups is 1. The molecule has 2 aromatic heterocycles. The van der Waals surface area contributed by atoms with Crippen LogP contribution in [0.5, 0.6) is 5.75 Å². The molecule has 0 unspecified atom stereocenters. The lowest BCUT2D eigenvalue weighted by molar-refractivity contribution is -0.113. The molecule has 1 amide bonds. The van der Waals surface area contributed by atoms with Gasteiger partial charge in [0.1, 0.15) is 5.75 Å². The maximum Gasteiger partial charge on any atom is 0.236 e. The van der Waals surface area contributed by atoms with Crippen LogP contribution in [-0.4, -0.2) is 38.6 Å². The minimum absolute atomic E-state index is 0.127. The van der Waals surface area contributed by atoms with E-state index < -0.39 is 0 Å². The van der Waals surface area contributed by atoms with E-state index in [0.29, 0.717) is 21.9 Å². The molecule has 0 saturated heterocycles. The maximum absolute atomic E-state index is 12.5. The maximum atomic E-state index is 12.5. The average Bonchev–Trinajstić information content (AvgIpc) is 3.45. The van der Waals surface area contributed by atoms with Crippen LogP contribution in [0, 0.1) is 0 Å². The molecular formula is C23H24N6O2S2. The van der Waals surface area contributed by atoms with Gasteiger partial charge in [-0.25, -0.2) is 9.66 Å². The topological polar surface area (TPSA) is 108 Å². The molecule has 0 spiro atoms. The summed E-state index contributed by atoms with van der Waals surface area (Å²) in [4.78, 5) is 17.0. The number of ether oxygens (including phenoxy) is 1. The standard InChI is InChI=1S/C23H24N6O2S2/c1-3-6-15-9-11-16(12-10-15)18-13-32-22(25-18)26-20(30)14-33-23-28-27-21(29(23)24)17-7-4-5-8-19(17)31-2/h4-5,7-13H,3,6,14,24H2,1-2H3,(H,25,26,30). The number of aromatic nitrogens is 4. The SMILES string of the molecule is CCCc1ccc(-c2csc(NC(=O)CSc3nnc(-c4ccccc4OC)n3N)n2)cc1. The van der Waals surface area contributed by atoms with Gasteiger partial charge in [-0.3, -0.25) is 4.79 Å².